The molecule has 0 aliphatic rings. The molecule has 0 aliphatic heterocycles. The summed E-state index contributed by atoms with van der Waals surface area (Å²) < 4.78 is 15.2. The fourth-order valence-corrected chi connectivity index (χ4v) is 10.2. The lowest BCUT2D eigenvalue weighted by Gasteiger charge is -2.20. The Morgan fingerprint density at radius 1 is 0.456 bits per heavy atom. The fraction of sp³-hybridized carbons (Fsp3) is 0.0192. The van der Waals surface area contributed by atoms with E-state index in [9.17, 15) is 0 Å². The third-order valence-electron chi connectivity index (χ3n) is 10.3. The van der Waals surface area contributed by atoms with Gasteiger partial charge in [-0.05, 0) is 36.8 Å². The van der Waals surface area contributed by atoms with Crippen LogP contribution in [0.1, 0.15) is 12.5 Å². The minimum Gasteiger partial charge on any atom is -0.309 e. The molecule has 4 nitrogen and oxygen atoms in total. The number of hydrogen-bond donors (Lipinski definition) is 0. The van der Waals surface area contributed by atoms with Crippen LogP contribution in [-0.2, 0) is 4.57 Å². The number of hydrogen-bond acceptors (Lipinski definition) is 4. The largest absolute Gasteiger partial charge is 0.309 e. The molecule has 0 amide bonds. The van der Waals surface area contributed by atoms with Crippen LogP contribution in [0, 0.1) is 0 Å². The summed E-state index contributed by atoms with van der Waals surface area (Å²) in [5.41, 5.74) is 8.29. The average molecular weight is 752 g/mol. The topological polar surface area (TPSA) is 55.7 Å². The number of nitrogens with zero attached hydrogens (tertiary/aromatic N) is 3. The van der Waals surface area contributed by atoms with Gasteiger partial charge in [0.2, 0.25) is 0 Å². The van der Waals surface area contributed by atoms with E-state index in [1.807, 2.05) is 134 Å². The van der Waals surface area contributed by atoms with Crippen molar-refractivity contribution in [3.8, 4) is 45.2 Å². The second-order valence-electron chi connectivity index (χ2n) is 13.9. The van der Waals surface area contributed by atoms with Crippen molar-refractivity contribution in [1.82, 2.24) is 15.0 Å². The predicted octanol–water partition coefficient (Wildman–Crippen LogP) is 12.1. The van der Waals surface area contributed by atoms with Gasteiger partial charge in [-0.2, -0.15) is 0 Å². The van der Waals surface area contributed by atoms with Gasteiger partial charge >= 0.3 is 0 Å². The van der Waals surface area contributed by atoms with Crippen molar-refractivity contribution in [3.05, 3.63) is 212 Å². The van der Waals surface area contributed by atoms with Crippen LogP contribution in [0.2, 0.25) is 0 Å². The van der Waals surface area contributed by atoms with E-state index in [2.05, 4.69) is 84.9 Å². The first-order valence-electron chi connectivity index (χ1n) is 19.1. The molecule has 5 heteroatoms. The highest BCUT2D eigenvalue weighted by molar-refractivity contribution is 7.85. The van der Waals surface area contributed by atoms with Crippen LogP contribution >= 0.6 is 7.14 Å². The lowest BCUT2D eigenvalue weighted by atomic mass is 9.93. The molecule has 7 aromatic carbocycles. The summed E-state index contributed by atoms with van der Waals surface area (Å²) >= 11 is 0. The van der Waals surface area contributed by atoms with Crippen LogP contribution in [0.25, 0.3) is 72.9 Å². The van der Waals surface area contributed by atoms with E-state index in [-0.39, 0.29) is 0 Å². The van der Waals surface area contributed by atoms with Crippen LogP contribution in [-0.4, -0.2) is 15.0 Å². The molecule has 57 heavy (non-hydrogen) atoms. The van der Waals surface area contributed by atoms with Crippen molar-refractivity contribution in [2.45, 2.75) is 6.92 Å². The van der Waals surface area contributed by atoms with E-state index in [1.165, 1.54) is 0 Å². The van der Waals surface area contributed by atoms with Gasteiger partial charge in [-0.15, -0.1) is 0 Å². The maximum atomic E-state index is 15.2. The summed E-state index contributed by atoms with van der Waals surface area (Å²) in [6, 6.07) is 62.9. The minimum atomic E-state index is -3.16. The van der Waals surface area contributed by atoms with E-state index >= 15 is 4.57 Å². The molecule has 0 fully saturated rings. The maximum Gasteiger partial charge on any atom is 0.171 e. The zero-order valence-electron chi connectivity index (χ0n) is 31.4. The van der Waals surface area contributed by atoms with Crippen LogP contribution in [0.4, 0.5) is 0 Å². The van der Waals surface area contributed by atoms with Crippen LogP contribution in [0.5, 0.6) is 0 Å². The molecule has 9 aromatic rings. The van der Waals surface area contributed by atoms with Crippen molar-refractivity contribution in [3.63, 3.8) is 0 Å². The first-order chi connectivity index (χ1) is 28.1. The summed E-state index contributed by atoms with van der Waals surface area (Å²) in [4.78, 5) is 15.7. The molecule has 0 bridgehead atoms. The average Bonchev–Trinajstić information content (AvgIpc) is 3.29. The normalized spacial score (nSPS) is 11.9. The van der Waals surface area contributed by atoms with Crippen molar-refractivity contribution < 1.29 is 4.57 Å². The Bertz CT molecular complexity index is 2860. The summed E-state index contributed by atoms with van der Waals surface area (Å²) in [5, 5.41) is 5.49. The molecule has 0 atom stereocenters. The molecule has 2 heterocycles. The Kier molecular flexibility index (Phi) is 9.78. The van der Waals surface area contributed by atoms with Crippen molar-refractivity contribution >= 4 is 50.8 Å². The highest BCUT2D eigenvalue weighted by Crippen LogP contribution is 2.43. The van der Waals surface area contributed by atoms with E-state index in [4.69, 9.17) is 15.0 Å². The van der Waals surface area contributed by atoms with Crippen LogP contribution < -0.4 is 15.9 Å². The van der Waals surface area contributed by atoms with E-state index in [1.54, 1.807) is 0 Å². The zero-order chi connectivity index (χ0) is 38.6. The Hall–Kier alpha value is -7.00. The summed E-state index contributed by atoms with van der Waals surface area (Å²) in [6.07, 6.45) is 8.29. The molecule has 0 radical (unpaired) electrons. The molecule has 0 unspecified atom stereocenters. The SMILES string of the molecule is C/C=C\C=C/c1cc(-c2nc(-c3ccccc3)cc(-c3ccccc3)n2)cc2c(-c3ccc(P(=O)(c4ccccc4)c4ccccc4)cc3)nc3ccccc3c12. The first-order valence-corrected chi connectivity index (χ1v) is 20.8. The minimum absolute atomic E-state index is 0.624. The zero-order valence-corrected chi connectivity index (χ0v) is 32.3. The maximum absolute atomic E-state index is 15.2. The summed E-state index contributed by atoms with van der Waals surface area (Å²) in [6.45, 7) is 2.02. The molecule has 0 N–H and O–H groups in total. The molecule has 0 spiro atoms. The Morgan fingerprint density at radius 2 is 0.982 bits per heavy atom. The molecule has 0 saturated heterocycles. The van der Waals surface area contributed by atoms with Gasteiger partial charge in [0, 0.05) is 54.3 Å². The van der Waals surface area contributed by atoms with Gasteiger partial charge in [-0.25, -0.2) is 15.0 Å². The van der Waals surface area contributed by atoms with Crippen LogP contribution in [0.3, 0.4) is 0 Å². The van der Waals surface area contributed by atoms with Crippen molar-refractivity contribution in [2.24, 2.45) is 0 Å². The van der Waals surface area contributed by atoms with Crippen LogP contribution in [0.15, 0.2) is 206 Å². The third kappa shape index (κ3) is 6.93. The first kappa shape index (κ1) is 35.7. The lowest BCUT2D eigenvalue weighted by molar-refractivity contribution is 0.592. The summed E-state index contributed by atoms with van der Waals surface area (Å²) in [5.74, 6) is 0.624. The number of fused-ring (bicyclic) bond motifs is 3. The van der Waals surface area contributed by atoms with Gasteiger partial charge in [0.15, 0.2) is 13.0 Å². The van der Waals surface area contributed by atoms with Crippen molar-refractivity contribution in [2.75, 3.05) is 0 Å². The molecule has 0 saturated carbocycles. The number of aromatic nitrogens is 3. The van der Waals surface area contributed by atoms with E-state index in [0.29, 0.717) is 5.82 Å². The monoisotopic (exact) mass is 751 g/mol. The molecule has 2 aromatic heterocycles. The van der Waals surface area contributed by atoms with Gasteiger partial charge in [0.25, 0.3) is 0 Å². The van der Waals surface area contributed by atoms with E-state index < -0.39 is 7.14 Å². The smallest absolute Gasteiger partial charge is 0.171 e. The van der Waals surface area contributed by atoms with Gasteiger partial charge in [-0.1, -0.05) is 188 Å². The Balaban J connectivity index is 1.28. The number of pyridine rings is 1. The Morgan fingerprint density at radius 3 is 1.56 bits per heavy atom. The molecular weight excluding hydrogens is 714 g/mol. The lowest BCUT2D eigenvalue weighted by Crippen LogP contribution is -2.24. The van der Waals surface area contributed by atoms with Gasteiger partial charge in [-0.3, -0.25) is 0 Å². The predicted molar refractivity (Wildman–Crippen MR) is 240 cm³/mol. The standard InChI is InChI=1S/C52H38N3OP/c1-2-3-8-23-40-34-41(52-54-48(37-19-9-4-10-20-37)36-49(55-52)38-21-11-5-12-22-38)35-46-50(40)45-28-17-18-29-47(45)53-51(46)39-30-32-44(33-31-39)57(56,42-24-13-6-14-25-42)43-26-15-7-16-27-43/h2-36H,1H3/b3-2-,23-8-. The molecule has 272 valence electrons. The fourth-order valence-electron chi connectivity index (χ4n) is 7.51. The van der Waals surface area contributed by atoms with E-state index in [0.717, 1.165) is 82.5 Å². The van der Waals surface area contributed by atoms with Crippen molar-refractivity contribution in [1.29, 1.82) is 0 Å². The number of para-hydroxylation sites is 1. The second-order valence-corrected chi connectivity index (χ2v) is 16.6. The quantitative estimate of drug-likeness (QED) is 0.0837. The molecule has 9 rings (SSSR count). The number of rotatable bonds is 9. The van der Waals surface area contributed by atoms with Gasteiger partial charge in [0.05, 0.1) is 22.6 Å². The third-order valence-corrected chi connectivity index (χ3v) is 13.4. The Labute approximate surface area is 333 Å². The molecular formula is C52H38N3OP. The highest BCUT2D eigenvalue weighted by Gasteiger charge is 2.29. The van der Waals surface area contributed by atoms with Gasteiger partial charge in [0.1, 0.15) is 0 Å². The van der Waals surface area contributed by atoms with Gasteiger partial charge < -0.3 is 4.57 Å². The number of benzene rings is 7. The second kappa shape index (κ2) is 15.6. The number of allylic oxidation sites excluding steroid dienone is 3. The molecule has 0 aliphatic carbocycles. The summed E-state index contributed by atoms with van der Waals surface area (Å²) in [7, 11) is -3.16. The highest BCUT2D eigenvalue weighted by atomic mass is 31.2.